The number of nitrogens with zero attached hydrogens (tertiary/aromatic N) is 1. The van der Waals surface area contributed by atoms with Crippen molar-refractivity contribution in [2.24, 2.45) is 10.7 Å². The lowest BCUT2D eigenvalue weighted by atomic mass is 10.2. The van der Waals surface area contributed by atoms with Gasteiger partial charge in [0, 0.05) is 10.6 Å². The number of carbonyl (C=O) groups excluding carboxylic acids is 1. The van der Waals surface area contributed by atoms with Crippen LogP contribution in [0.4, 0.5) is 0 Å². The molecule has 7 heteroatoms. The van der Waals surface area contributed by atoms with Gasteiger partial charge in [-0.3, -0.25) is 4.79 Å². The molecule has 0 spiro atoms. The van der Waals surface area contributed by atoms with Gasteiger partial charge in [0.05, 0.1) is 4.91 Å². The molecule has 0 fully saturated rings. The van der Waals surface area contributed by atoms with Crippen molar-refractivity contribution in [3.8, 4) is 11.5 Å². The maximum atomic E-state index is 11.7. The summed E-state index contributed by atoms with van der Waals surface area (Å²) in [5, 5.41) is 0.964. The molecular weight excluding hydrogens is 372 g/mol. The number of amides is 1. The molecule has 0 atom stereocenters. The van der Waals surface area contributed by atoms with Gasteiger partial charge in [0.25, 0.3) is 5.91 Å². The van der Waals surface area contributed by atoms with Crippen molar-refractivity contribution in [1.82, 2.24) is 0 Å². The van der Waals surface area contributed by atoms with Crippen LogP contribution in [0.25, 0.3) is 6.08 Å². The number of carbonyl (C=O) groups is 1. The van der Waals surface area contributed by atoms with Gasteiger partial charge in [0.1, 0.15) is 24.7 Å². The number of halogens is 1. The summed E-state index contributed by atoms with van der Waals surface area (Å²) >= 11 is 7.15. The number of aryl methyl sites for hydroxylation is 1. The van der Waals surface area contributed by atoms with Crippen molar-refractivity contribution in [3.05, 3.63) is 63.5 Å². The lowest BCUT2D eigenvalue weighted by molar-refractivity contribution is -0.113. The minimum Gasteiger partial charge on any atom is -0.490 e. The Bertz CT molecular complexity index is 896. The Kier molecular flexibility index (Phi) is 5.85. The van der Waals surface area contributed by atoms with E-state index in [-0.39, 0.29) is 11.1 Å². The van der Waals surface area contributed by atoms with Crippen molar-refractivity contribution >= 4 is 40.5 Å². The molecule has 0 unspecified atom stereocenters. The minimum absolute atomic E-state index is 0.256. The van der Waals surface area contributed by atoms with Crippen LogP contribution in [-0.4, -0.2) is 24.3 Å². The average Bonchev–Trinajstić information content (AvgIpc) is 2.93. The smallest absolute Gasteiger partial charge is 0.286 e. The van der Waals surface area contributed by atoms with Crippen LogP contribution in [0.3, 0.4) is 0 Å². The van der Waals surface area contributed by atoms with Crippen LogP contribution < -0.4 is 15.2 Å². The molecule has 5 nitrogen and oxygen atoms in total. The Balaban J connectivity index is 1.59. The first-order valence-electron chi connectivity index (χ1n) is 7.92. The van der Waals surface area contributed by atoms with E-state index in [1.54, 1.807) is 12.1 Å². The van der Waals surface area contributed by atoms with Gasteiger partial charge in [0.2, 0.25) is 0 Å². The van der Waals surface area contributed by atoms with E-state index in [1.165, 1.54) is 0 Å². The first-order valence-corrected chi connectivity index (χ1v) is 9.11. The summed E-state index contributed by atoms with van der Waals surface area (Å²) in [6.07, 6.45) is 1.73. The summed E-state index contributed by atoms with van der Waals surface area (Å²) in [6, 6.07) is 13.0. The quantitative estimate of drug-likeness (QED) is 0.597. The van der Waals surface area contributed by atoms with Gasteiger partial charge in [-0.15, -0.1) is 0 Å². The zero-order chi connectivity index (χ0) is 18.5. The Morgan fingerprint density at radius 3 is 2.69 bits per heavy atom. The Hall–Kier alpha value is -2.44. The van der Waals surface area contributed by atoms with E-state index in [9.17, 15) is 4.79 Å². The molecule has 0 saturated heterocycles. The summed E-state index contributed by atoms with van der Waals surface area (Å²) in [4.78, 5) is 15.9. The maximum absolute atomic E-state index is 11.7. The second-order valence-electron chi connectivity index (χ2n) is 5.51. The fourth-order valence-electron chi connectivity index (χ4n) is 2.32. The number of thioether (sulfide) groups is 1. The standard InChI is InChI=1S/C19H17ClN2O3S/c1-12-10-14(6-7-15(12)20)24-8-9-25-16-5-3-2-4-13(16)11-17-18(23)22-19(21)26-17/h2-7,10-11H,8-9H2,1H3,(H2,21,22,23)/b17-11+. The van der Waals surface area contributed by atoms with E-state index >= 15 is 0 Å². The molecule has 2 aromatic rings. The monoisotopic (exact) mass is 388 g/mol. The number of ether oxygens (including phenoxy) is 2. The lowest BCUT2D eigenvalue weighted by Gasteiger charge is -2.11. The van der Waals surface area contributed by atoms with Crippen molar-refractivity contribution in [1.29, 1.82) is 0 Å². The Morgan fingerprint density at radius 1 is 1.19 bits per heavy atom. The van der Waals surface area contributed by atoms with E-state index in [1.807, 2.05) is 43.3 Å². The van der Waals surface area contributed by atoms with Crippen LogP contribution in [0.2, 0.25) is 5.02 Å². The maximum Gasteiger partial charge on any atom is 0.286 e. The predicted octanol–water partition coefficient (Wildman–Crippen LogP) is 4.04. The number of hydrogen-bond acceptors (Lipinski definition) is 5. The highest BCUT2D eigenvalue weighted by Crippen LogP contribution is 2.29. The van der Waals surface area contributed by atoms with E-state index in [0.717, 1.165) is 28.6 Å². The zero-order valence-electron chi connectivity index (χ0n) is 14.1. The SMILES string of the molecule is Cc1cc(OCCOc2ccccc2/C=C2/SC(N)=NC2=O)ccc1Cl. The number of benzene rings is 2. The second-order valence-corrected chi connectivity index (χ2v) is 6.98. The van der Waals surface area contributed by atoms with Crippen LogP contribution in [-0.2, 0) is 4.79 Å². The Labute approximate surface area is 160 Å². The largest absolute Gasteiger partial charge is 0.490 e. The van der Waals surface area contributed by atoms with Crippen LogP contribution in [0.1, 0.15) is 11.1 Å². The molecule has 2 aromatic carbocycles. The Morgan fingerprint density at radius 2 is 1.96 bits per heavy atom. The molecule has 1 heterocycles. The van der Waals surface area contributed by atoms with Crippen LogP contribution >= 0.6 is 23.4 Å². The summed E-state index contributed by atoms with van der Waals surface area (Å²) in [7, 11) is 0. The van der Waals surface area contributed by atoms with E-state index < -0.39 is 0 Å². The van der Waals surface area contributed by atoms with Crippen molar-refractivity contribution in [2.45, 2.75) is 6.92 Å². The molecule has 0 saturated carbocycles. The number of rotatable bonds is 6. The fourth-order valence-corrected chi connectivity index (χ4v) is 3.11. The zero-order valence-corrected chi connectivity index (χ0v) is 15.6. The molecule has 0 radical (unpaired) electrons. The lowest BCUT2D eigenvalue weighted by Crippen LogP contribution is -2.09. The first kappa shape index (κ1) is 18.4. The van der Waals surface area contributed by atoms with Gasteiger partial charge in [-0.1, -0.05) is 29.8 Å². The van der Waals surface area contributed by atoms with Gasteiger partial charge in [-0.2, -0.15) is 4.99 Å². The molecule has 1 aliphatic heterocycles. The predicted molar refractivity (Wildman–Crippen MR) is 106 cm³/mol. The van der Waals surface area contributed by atoms with Gasteiger partial charge in [-0.05, 0) is 54.6 Å². The first-order chi connectivity index (χ1) is 12.5. The van der Waals surface area contributed by atoms with Gasteiger partial charge in [0.15, 0.2) is 5.17 Å². The third-order valence-electron chi connectivity index (χ3n) is 3.58. The molecule has 1 amide bonds. The topological polar surface area (TPSA) is 73.9 Å². The van der Waals surface area contributed by atoms with Gasteiger partial charge in [-0.25, -0.2) is 0 Å². The van der Waals surface area contributed by atoms with Crippen molar-refractivity contribution < 1.29 is 14.3 Å². The van der Waals surface area contributed by atoms with Crippen LogP contribution in [0.15, 0.2) is 52.4 Å². The minimum atomic E-state index is -0.330. The number of hydrogen-bond donors (Lipinski definition) is 1. The molecule has 0 aromatic heterocycles. The summed E-state index contributed by atoms with van der Waals surface area (Å²) in [5.41, 5.74) is 7.32. The van der Waals surface area contributed by atoms with Gasteiger partial charge < -0.3 is 15.2 Å². The fraction of sp³-hybridized carbons (Fsp3) is 0.158. The summed E-state index contributed by atoms with van der Waals surface area (Å²) in [6.45, 7) is 2.67. The molecule has 134 valence electrons. The van der Waals surface area contributed by atoms with E-state index in [2.05, 4.69) is 4.99 Å². The number of aliphatic imine (C=N–C) groups is 1. The molecule has 0 bridgehead atoms. The highest BCUT2D eigenvalue weighted by Gasteiger charge is 2.20. The molecule has 3 rings (SSSR count). The van der Waals surface area contributed by atoms with Crippen molar-refractivity contribution in [3.63, 3.8) is 0 Å². The number of nitrogens with two attached hydrogens (primary N) is 1. The second kappa shape index (κ2) is 8.29. The van der Waals surface area contributed by atoms with E-state index in [0.29, 0.717) is 28.9 Å². The summed E-state index contributed by atoms with van der Waals surface area (Å²) in [5.74, 6) is 1.07. The number of para-hydroxylation sites is 1. The third kappa shape index (κ3) is 4.59. The van der Waals surface area contributed by atoms with Crippen LogP contribution in [0.5, 0.6) is 11.5 Å². The van der Waals surface area contributed by atoms with Gasteiger partial charge >= 0.3 is 0 Å². The van der Waals surface area contributed by atoms with Crippen LogP contribution in [0, 0.1) is 6.92 Å². The average molecular weight is 389 g/mol. The molecular formula is C19H17ClN2O3S. The molecule has 2 N–H and O–H groups in total. The highest BCUT2D eigenvalue weighted by molar-refractivity contribution is 8.18. The third-order valence-corrected chi connectivity index (χ3v) is 4.82. The highest BCUT2D eigenvalue weighted by atomic mass is 35.5. The summed E-state index contributed by atoms with van der Waals surface area (Å²) < 4.78 is 11.5. The van der Waals surface area contributed by atoms with E-state index in [4.69, 9.17) is 26.8 Å². The molecule has 0 aliphatic carbocycles. The number of amidine groups is 1. The molecule has 1 aliphatic rings. The van der Waals surface area contributed by atoms with Crippen molar-refractivity contribution in [2.75, 3.05) is 13.2 Å². The normalized spacial score (nSPS) is 15.2. The molecule has 26 heavy (non-hydrogen) atoms.